The van der Waals surface area contributed by atoms with Crippen LogP contribution in [0.3, 0.4) is 0 Å². The first-order valence-electron chi connectivity index (χ1n) is 14.8. The molecule has 2 aromatic carbocycles. The van der Waals surface area contributed by atoms with E-state index in [1.54, 1.807) is 7.11 Å². The Bertz CT molecular complexity index is 1010. The largest absolute Gasteiger partial charge is 0.491 e. The van der Waals surface area contributed by atoms with Crippen molar-refractivity contribution in [1.82, 2.24) is 4.90 Å². The quantitative estimate of drug-likeness (QED) is 0.194. The van der Waals surface area contributed by atoms with E-state index in [1.807, 2.05) is 0 Å². The number of rotatable bonds is 22. The topological polar surface area (TPSA) is 67.9 Å². The molecule has 1 aliphatic carbocycles. The van der Waals surface area contributed by atoms with Gasteiger partial charge in [0.15, 0.2) is 0 Å². The smallest absolute Gasteiger partial charge is 0.119 e. The molecule has 1 aliphatic rings. The van der Waals surface area contributed by atoms with E-state index in [0.717, 1.165) is 31.6 Å². The van der Waals surface area contributed by atoms with Crippen LogP contribution in [0.15, 0.2) is 48.5 Å². The van der Waals surface area contributed by atoms with Crippen LogP contribution in [0.25, 0.3) is 5.57 Å². The molecule has 0 atom stereocenters. The van der Waals surface area contributed by atoms with Crippen LogP contribution in [0.5, 0.6) is 5.75 Å². The fraction of sp³-hybridized carbons (Fsp3) is 0.576. The average Bonchev–Trinajstić information content (AvgIpc) is 3.13. The molecule has 0 radical (unpaired) electrons. The molecule has 8 nitrogen and oxygen atoms in total. The Morgan fingerprint density at radius 2 is 1.17 bits per heavy atom. The van der Waals surface area contributed by atoms with E-state index in [-0.39, 0.29) is 0 Å². The molecule has 228 valence electrons. The maximum atomic E-state index is 6.02. The zero-order valence-electron chi connectivity index (χ0n) is 25.2. The molecule has 2 aromatic rings. The highest BCUT2D eigenvalue weighted by atomic mass is 16.6. The molecular formula is C33H49NO7. The first-order valence-corrected chi connectivity index (χ1v) is 14.8. The van der Waals surface area contributed by atoms with Gasteiger partial charge in [0, 0.05) is 13.7 Å². The molecule has 0 aromatic heterocycles. The highest BCUT2D eigenvalue weighted by Gasteiger charge is 2.18. The molecular weight excluding hydrogens is 522 g/mol. The molecule has 0 bridgehead atoms. The summed E-state index contributed by atoms with van der Waals surface area (Å²) in [4.78, 5) is 2.23. The summed E-state index contributed by atoms with van der Waals surface area (Å²) in [6.07, 6.45) is 5.45. The van der Waals surface area contributed by atoms with Crippen LogP contribution in [-0.4, -0.2) is 112 Å². The highest BCUT2D eigenvalue weighted by molar-refractivity contribution is 5.84. The molecule has 0 aliphatic heterocycles. The third kappa shape index (κ3) is 13.0. The highest BCUT2D eigenvalue weighted by Crippen LogP contribution is 2.35. The lowest BCUT2D eigenvalue weighted by Gasteiger charge is -2.15. The fourth-order valence-corrected chi connectivity index (χ4v) is 4.57. The van der Waals surface area contributed by atoms with Crippen molar-refractivity contribution >= 4 is 5.57 Å². The van der Waals surface area contributed by atoms with Gasteiger partial charge in [0.2, 0.25) is 0 Å². The van der Waals surface area contributed by atoms with E-state index in [2.05, 4.69) is 67.5 Å². The number of aryl methyl sites for hydroxylation is 2. The molecule has 41 heavy (non-hydrogen) atoms. The lowest BCUT2D eigenvalue weighted by Crippen LogP contribution is -2.14. The van der Waals surface area contributed by atoms with Crippen molar-refractivity contribution in [3.8, 4) is 5.75 Å². The lowest BCUT2D eigenvalue weighted by molar-refractivity contribution is -0.0159. The monoisotopic (exact) mass is 571 g/mol. The molecule has 0 saturated heterocycles. The molecule has 0 heterocycles. The summed E-state index contributed by atoms with van der Waals surface area (Å²) in [6.45, 7) is 7.58. The molecule has 0 amide bonds. The standard InChI is InChI=1S/C33H49NO7/c1-34(2)14-6-9-33-31-8-5-4-7-28(31)10-11-29-27-30(12-13-32(29)33)41-26-25-40-24-23-39-22-21-38-20-19-37-18-17-36-16-15-35-3/h4-5,7-9,12-13,27H,6,10-11,14-26H2,1-3H3/b33-9-. The van der Waals surface area contributed by atoms with Gasteiger partial charge in [-0.05, 0) is 73.3 Å². The third-order valence-corrected chi connectivity index (χ3v) is 6.68. The Balaban J connectivity index is 1.27. The second-order valence-corrected chi connectivity index (χ2v) is 10.1. The number of fused-ring (bicyclic) bond motifs is 2. The van der Waals surface area contributed by atoms with Gasteiger partial charge in [-0.2, -0.15) is 0 Å². The van der Waals surface area contributed by atoms with Gasteiger partial charge in [0.05, 0.1) is 72.7 Å². The van der Waals surface area contributed by atoms with Gasteiger partial charge in [-0.15, -0.1) is 0 Å². The minimum absolute atomic E-state index is 0.505. The van der Waals surface area contributed by atoms with Gasteiger partial charge in [0.1, 0.15) is 12.4 Å². The summed E-state index contributed by atoms with van der Waals surface area (Å²) >= 11 is 0. The summed E-state index contributed by atoms with van der Waals surface area (Å²) in [5, 5.41) is 0. The van der Waals surface area contributed by atoms with E-state index >= 15 is 0 Å². The van der Waals surface area contributed by atoms with E-state index in [4.69, 9.17) is 33.2 Å². The Kier molecular flexibility index (Phi) is 16.6. The van der Waals surface area contributed by atoms with E-state index in [9.17, 15) is 0 Å². The second kappa shape index (κ2) is 20.6. The van der Waals surface area contributed by atoms with E-state index in [0.29, 0.717) is 79.3 Å². The predicted molar refractivity (Wildman–Crippen MR) is 162 cm³/mol. The van der Waals surface area contributed by atoms with Crippen LogP contribution < -0.4 is 4.74 Å². The SMILES string of the molecule is COCCOCCOCCOCCOCCOCCOc1ccc2c(c1)CCc1ccccc1/C2=C/CCN(C)C. The first-order chi connectivity index (χ1) is 20.2. The van der Waals surface area contributed by atoms with Gasteiger partial charge < -0.3 is 38.1 Å². The Morgan fingerprint density at radius 3 is 1.78 bits per heavy atom. The summed E-state index contributed by atoms with van der Waals surface area (Å²) in [6, 6.07) is 15.3. The van der Waals surface area contributed by atoms with Crippen LogP contribution in [0, 0.1) is 0 Å². The van der Waals surface area contributed by atoms with Crippen molar-refractivity contribution in [3.05, 3.63) is 70.8 Å². The van der Waals surface area contributed by atoms with Gasteiger partial charge >= 0.3 is 0 Å². The zero-order chi connectivity index (χ0) is 29.0. The van der Waals surface area contributed by atoms with Gasteiger partial charge in [-0.25, -0.2) is 0 Å². The van der Waals surface area contributed by atoms with Crippen LogP contribution in [-0.2, 0) is 41.3 Å². The number of ether oxygens (including phenoxy) is 7. The molecule has 0 N–H and O–H groups in total. The van der Waals surface area contributed by atoms with Crippen molar-refractivity contribution in [3.63, 3.8) is 0 Å². The molecule has 0 saturated carbocycles. The minimum atomic E-state index is 0.505. The zero-order valence-corrected chi connectivity index (χ0v) is 25.2. The number of nitrogens with zero attached hydrogens (tertiary/aromatic N) is 1. The van der Waals surface area contributed by atoms with Crippen molar-refractivity contribution < 1.29 is 33.2 Å². The first kappa shape index (κ1) is 33.2. The second-order valence-electron chi connectivity index (χ2n) is 10.1. The van der Waals surface area contributed by atoms with E-state index in [1.165, 1.54) is 27.8 Å². The number of methoxy groups -OCH3 is 1. The molecule has 3 rings (SSSR count). The Labute approximate surface area is 246 Å². The number of hydrogen-bond donors (Lipinski definition) is 0. The predicted octanol–water partition coefficient (Wildman–Crippen LogP) is 4.28. The lowest BCUT2D eigenvalue weighted by atomic mass is 9.93. The molecule has 8 heteroatoms. The number of benzene rings is 2. The molecule has 0 spiro atoms. The van der Waals surface area contributed by atoms with Crippen molar-refractivity contribution in [2.24, 2.45) is 0 Å². The van der Waals surface area contributed by atoms with Crippen molar-refractivity contribution in [2.75, 3.05) is 107 Å². The minimum Gasteiger partial charge on any atom is -0.491 e. The Morgan fingerprint density at radius 1 is 0.634 bits per heavy atom. The summed E-state index contributed by atoms with van der Waals surface area (Å²) in [5.41, 5.74) is 6.75. The van der Waals surface area contributed by atoms with Crippen LogP contribution >= 0.6 is 0 Å². The average molecular weight is 572 g/mol. The van der Waals surface area contributed by atoms with Crippen molar-refractivity contribution in [1.29, 1.82) is 0 Å². The van der Waals surface area contributed by atoms with Crippen molar-refractivity contribution in [2.45, 2.75) is 19.3 Å². The van der Waals surface area contributed by atoms with Crippen LogP contribution in [0.4, 0.5) is 0 Å². The maximum absolute atomic E-state index is 6.02. The third-order valence-electron chi connectivity index (χ3n) is 6.68. The number of hydrogen-bond acceptors (Lipinski definition) is 8. The van der Waals surface area contributed by atoms with E-state index < -0.39 is 0 Å². The fourth-order valence-electron chi connectivity index (χ4n) is 4.57. The summed E-state index contributed by atoms with van der Waals surface area (Å²) in [7, 11) is 5.89. The van der Waals surface area contributed by atoms with Crippen LogP contribution in [0.1, 0.15) is 28.7 Å². The maximum Gasteiger partial charge on any atom is 0.119 e. The summed E-state index contributed by atoms with van der Waals surface area (Å²) < 4.78 is 38.4. The Hall–Kier alpha value is -2.30. The van der Waals surface area contributed by atoms with Gasteiger partial charge in [-0.3, -0.25) is 0 Å². The molecule has 0 fully saturated rings. The van der Waals surface area contributed by atoms with Crippen LogP contribution in [0.2, 0.25) is 0 Å². The normalized spacial score (nSPS) is 13.8. The molecule has 0 unspecified atom stereocenters. The van der Waals surface area contributed by atoms with Gasteiger partial charge in [-0.1, -0.05) is 36.4 Å². The summed E-state index contributed by atoms with van der Waals surface area (Å²) in [5.74, 6) is 0.891. The van der Waals surface area contributed by atoms with Gasteiger partial charge in [0.25, 0.3) is 0 Å².